The van der Waals surface area contributed by atoms with Crippen molar-refractivity contribution in [1.29, 1.82) is 0 Å². The summed E-state index contributed by atoms with van der Waals surface area (Å²) in [6.45, 7) is 8.35. The molecule has 0 bridgehead atoms. The van der Waals surface area contributed by atoms with Gasteiger partial charge in [0, 0.05) is 5.69 Å². The van der Waals surface area contributed by atoms with Crippen molar-refractivity contribution in [2.75, 3.05) is 5.73 Å². The molecule has 0 fully saturated rings. The van der Waals surface area contributed by atoms with Gasteiger partial charge in [-0.25, -0.2) is 0 Å². The number of rotatable bonds is 1. The molecule has 1 aliphatic carbocycles. The second kappa shape index (κ2) is 5.20. The number of anilines is 1. The molecule has 0 saturated heterocycles. The third-order valence-electron chi connectivity index (χ3n) is 3.13. The van der Waals surface area contributed by atoms with E-state index in [9.17, 15) is 0 Å². The summed E-state index contributed by atoms with van der Waals surface area (Å²) >= 11 is 0. The first-order valence-corrected chi connectivity index (χ1v) is 6.13. The van der Waals surface area contributed by atoms with Gasteiger partial charge in [0.15, 0.2) is 0 Å². The maximum atomic E-state index is 6.15. The molecule has 2 rings (SSSR count). The molecule has 0 heterocycles. The van der Waals surface area contributed by atoms with Crippen LogP contribution in [0, 0.1) is 6.92 Å². The summed E-state index contributed by atoms with van der Waals surface area (Å²) < 4.78 is 0. The Kier molecular flexibility index (Phi) is 4.19. The Hall–Kier alpha value is -0.980. The highest BCUT2D eigenvalue weighted by atomic mass is 14.6. The van der Waals surface area contributed by atoms with Crippen LogP contribution in [0.15, 0.2) is 6.07 Å². The fourth-order valence-corrected chi connectivity index (χ4v) is 2.45. The lowest BCUT2D eigenvalue weighted by Gasteiger charge is -2.12. The highest BCUT2D eigenvalue weighted by Crippen LogP contribution is 2.32. The summed E-state index contributed by atoms with van der Waals surface area (Å²) in [6.07, 6.45) is 4.76. The van der Waals surface area contributed by atoms with E-state index in [4.69, 9.17) is 5.73 Å². The van der Waals surface area contributed by atoms with E-state index in [0.29, 0.717) is 0 Å². The van der Waals surface area contributed by atoms with Crippen molar-refractivity contribution in [3.05, 3.63) is 28.3 Å². The first-order chi connectivity index (χ1) is 7.24. The number of benzene rings is 1. The van der Waals surface area contributed by atoms with Crippen molar-refractivity contribution in [2.24, 2.45) is 0 Å². The van der Waals surface area contributed by atoms with Crippen LogP contribution in [0.1, 0.15) is 49.4 Å². The first kappa shape index (κ1) is 12.1. The van der Waals surface area contributed by atoms with E-state index in [2.05, 4.69) is 19.9 Å². The van der Waals surface area contributed by atoms with Crippen LogP contribution in [0.3, 0.4) is 0 Å². The first-order valence-electron chi connectivity index (χ1n) is 6.13. The zero-order valence-electron chi connectivity index (χ0n) is 10.5. The molecule has 0 unspecified atom stereocenters. The molecular weight excluding hydrogens is 182 g/mol. The van der Waals surface area contributed by atoms with Crippen molar-refractivity contribution >= 4 is 5.69 Å². The van der Waals surface area contributed by atoms with Crippen LogP contribution in [0.25, 0.3) is 0 Å². The number of fused-ring (bicyclic) bond motifs is 1. The molecule has 0 aliphatic heterocycles. The summed E-state index contributed by atoms with van der Waals surface area (Å²) in [5, 5.41) is 0. The van der Waals surface area contributed by atoms with Crippen LogP contribution in [-0.4, -0.2) is 0 Å². The summed E-state index contributed by atoms with van der Waals surface area (Å²) in [5.41, 5.74) is 12.9. The van der Waals surface area contributed by atoms with Crippen molar-refractivity contribution in [1.82, 2.24) is 0 Å². The van der Waals surface area contributed by atoms with Gasteiger partial charge in [-0.2, -0.15) is 0 Å². The minimum atomic E-state index is 1.06. The molecule has 0 aromatic heterocycles. The summed E-state index contributed by atoms with van der Waals surface area (Å²) in [4.78, 5) is 0. The topological polar surface area (TPSA) is 26.0 Å². The molecule has 1 nitrogen and oxygen atoms in total. The Balaban J connectivity index is 0.000000531. The summed E-state index contributed by atoms with van der Waals surface area (Å²) in [7, 11) is 0. The summed E-state index contributed by atoms with van der Waals surface area (Å²) in [5.74, 6) is 0. The molecular formula is C14H23N. The van der Waals surface area contributed by atoms with Gasteiger partial charge in [0.25, 0.3) is 0 Å². The van der Waals surface area contributed by atoms with Gasteiger partial charge in [0.1, 0.15) is 0 Å². The van der Waals surface area contributed by atoms with E-state index < -0.39 is 0 Å². The Morgan fingerprint density at radius 3 is 2.53 bits per heavy atom. The molecule has 15 heavy (non-hydrogen) atoms. The predicted octanol–water partition coefficient (Wildman–Crippen LogP) is 3.65. The van der Waals surface area contributed by atoms with Crippen molar-refractivity contribution in [3.63, 3.8) is 0 Å². The van der Waals surface area contributed by atoms with Gasteiger partial charge in [0.05, 0.1) is 0 Å². The SMILES string of the molecule is CC.CCc1c(C)cc2c(c1N)CCC2. The van der Waals surface area contributed by atoms with Crippen LogP contribution in [0.5, 0.6) is 0 Å². The standard InChI is InChI=1S/C12H17N.C2H6/c1-3-10-8(2)7-9-5-4-6-11(9)12(10)13;1-2/h7H,3-6,13H2,1-2H3;1-2H3. The summed E-state index contributed by atoms with van der Waals surface area (Å²) in [6, 6.07) is 2.33. The highest BCUT2D eigenvalue weighted by molar-refractivity contribution is 5.61. The van der Waals surface area contributed by atoms with Gasteiger partial charge in [0.2, 0.25) is 0 Å². The van der Waals surface area contributed by atoms with E-state index in [-0.39, 0.29) is 0 Å². The van der Waals surface area contributed by atoms with Crippen LogP contribution in [0.4, 0.5) is 5.69 Å². The highest BCUT2D eigenvalue weighted by Gasteiger charge is 2.16. The van der Waals surface area contributed by atoms with Gasteiger partial charge in [-0.15, -0.1) is 0 Å². The van der Waals surface area contributed by atoms with Crippen LogP contribution >= 0.6 is 0 Å². The number of nitrogen functional groups attached to an aromatic ring is 1. The Bertz CT molecular complexity index is 336. The zero-order valence-corrected chi connectivity index (χ0v) is 10.5. The van der Waals surface area contributed by atoms with Crippen molar-refractivity contribution in [2.45, 2.75) is 53.4 Å². The van der Waals surface area contributed by atoms with Crippen LogP contribution in [-0.2, 0) is 19.3 Å². The van der Waals surface area contributed by atoms with E-state index >= 15 is 0 Å². The third-order valence-corrected chi connectivity index (χ3v) is 3.13. The maximum absolute atomic E-state index is 6.15. The second-order valence-electron chi connectivity index (χ2n) is 3.93. The Morgan fingerprint density at radius 1 is 1.27 bits per heavy atom. The van der Waals surface area contributed by atoms with E-state index in [1.807, 2.05) is 13.8 Å². The predicted molar refractivity (Wildman–Crippen MR) is 68.3 cm³/mol. The van der Waals surface area contributed by atoms with Crippen molar-refractivity contribution in [3.8, 4) is 0 Å². The lowest BCUT2D eigenvalue weighted by Crippen LogP contribution is -2.01. The fraction of sp³-hybridized carbons (Fsp3) is 0.571. The minimum absolute atomic E-state index is 1.06. The smallest absolute Gasteiger partial charge is 0.0384 e. The minimum Gasteiger partial charge on any atom is -0.398 e. The van der Waals surface area contributed by atoms with Gasteiger partial charge in [-0.1, -0.05) is 26.8 Å². The monoisotopic (exact) mass is 205 g/mol. The molecule has 0 saturated carbocycles. The second-order valence-corrected chi connectivity index (χ2v) is 3.93. The molecule has 84 valence electrons. The molecule has 1 aliphatic rings. The number of aryl methyl sites for hydroxylation is 2. The molecule has 1 aromatic carbocycles. The largest absolute Gasteiger partial charge is 0.398 e. The van der Waals surface area contributed by atoms with Crippen LogP contribution < -0.4 is 5.73 Å². The normalized spacial score (nSPS) is 13.1. The van der Waals surface area contributed by atoms with E-state index in [1.54, 1.807) is 0 Å². The number of hydrogen-bond donors (Lipinski definition) is 1. The number of nitrogens with two attached hydrogens (primary N) is 1. The zero-order chi connectivity index (χ0) is 11.4. The lowest BCUT2D eigenvalue weighted by molar-refractivity contribution is 0.912. The average molecular weight is 205 g/mol. The van der Waals surface area contributed by atoms with Crippen molar-refractivity contribution < 1.29 is 0 Å². The molecule has 1 aromatic rings. The quantitative estimate of drug-likeness (QED) is 0.696. The molecule has 2 N–H and O–H groups in total. The molecule has 1 heteroatoms. The van der Waals surface area contributed by atoms with Gasteiger partial charge >= 0.3 is 0 Å². The molecule has 0 radical (unpaired) electrons. The fourth-order valence-electron chi connectivity index (χ4n) is 2.45. The van der Waals surface area contributed by atoms with Gasteiger partial charge in [-0.05, 0) is 54.9 Å². The third kappa shape index (κ3) is 2.17. The maximum Gasteiger partial charge on any atom is 0.0384 e. The van der Waals surface area contributed by atoms with E-state index in [1.165, 1.54) is 41.5 Å². The lowest BCUT2D eigenvalue weighted by atomic mass is 9.97. The Morgan fingerprint density at radius 2 is 1.93 bits per heavy atom. The Labute approximate surface area is 93.7 Å². The average Bonchev–Trinajstić information content (AvgIpc) is 2.69. The van der Waals surface area contributed by atoms with Gasteiger partial charge < -0.3 is 5.73 Å². The number of hydrogen-bond acceptors (Lipinski definition) is 1. The van der Waals surface area contributed by atoms with E-state index in [0.717, 1.165) is 12.1 Å². The molecule has 0 amide bonds. The van der Waals surface area contributed by atoms with Crippen LogP contribution in [0.2, 0.25) is 0 Å². The molecule has 0 atom stereocenters. The van der Waals surface area contributed by atoms with Gasteiger partial charge in [-0.3, -0.25) is 0 Å². The molecule has 0 spiro atoms.